The van der Waals surface area contributed by atoms with Gasteiger partial charge in [0.2, 0.25) is 10.0 Å². The first-order chi connectivity index (χ1) is 9.86. The SMILES string of the molecule is CCN1CCCC1CN(C)S(=O)(=O)c1ccc(C)c(N)c1. The topological polar surface area (TPSA) is 66.6 Å². The molecule has 1 saturated heterocycles. The Balaban J connectivity index is 2.16. The Hall–Kier alpha value is -1.11. The number of aryl methyl sites for hydroxylation is 1. The van der Waals surface area contributed by atoms with Crippen molar-refractivity contribution in [2.45, 2.75) is 37.6 Å². The second-order valence-corrected chi connectivity index (χ2v) is 7.77. The Bertz CT molecular complexity index is 601. The number of likely N-dealkylation sites (tertiary alicyclic amines) is 1. The van der Waals surface area contributed by atoms with E-state index in [1.54, 1.807) is 25.2 Å². The molecule has 21 heavy (non-hydrogen) atoms. The molecule has 2 rings (SSSR count). The fraction of sp³-hybridized carbons (Fsp3) is 0.600. The Labute approximate surface area is 127 Å². The molecule has 0 radical (unpaired) electrons. The fourth-order valence-electron chi connectivity index (χ4n) is 2.87. The molecule has 1 aromatic carbocycles. The van der Waals surface area contributed by atoms with Gasteiger partial charge in [-0.15, -0.1) is 0 Å². The van der Waals surface area contributed by atoms with Gasteiger partial charge in [0.15, 0.2) is 0 Å². The molecule has 1 atom stereocenters. The smallest absolute Gasteiger partial charge is 0.242 e. The average Bonchev–Trinajstić information content (AvgIpc) is 2.88. The van der Waals surface area contributed by atoms with E-state index >= 15 is 0 Å². The third kappa shape index (κ3) is 3.39. The molecule has 0 amide bonds. The van der Waals surface area contributed by atoms with Crippen molar-refractivity contribution < 1.29 is 8.42 Å². The van der Waals surface area contributed by atoms with E-state index < -0.39 is 10.0 Å². The third-order valence-electron chi connectivity index (χ3n) is 4.33. The number of sulfonamides is 1. The number of anilines is 1. The molecule has 1 aliphatic heterocycles. The number of nitrogens with two attached hydrogens (primary N) is 1. The van der Waals surface area contributed by atoms with Crippen LogP contribution in [-0.2, 0) is 10.0 Å². The highest BCUT2D eigenvalue weighted by molar-refractivity contribution is 7.89. The molecule has 0 saturated carbocycles. The molecule has 6 heteroatoms. The van der Waals surface area contributed by atoms with Gasteiger partial charge in [-0.3, -0.25) is 4.90 Å². The van der Waals surface area contributed by atoms with Crippen LogP contribution in [-0.4, -0.2) is 50.3 Å². The lowest BCUT2D eigenvalue weighted by Gasteiger charge is -2.27. The zero-order chi connectivity index (χ0) is 15.6. The maximum absolute atomic E-state index is 12.6. The van der Waals surface area contributed by atoms with Crippen LogP contribution in [0.5, 0.6) is 0 Å². The zero-order valence-electron chi connectivity index (χ0n) is 13.0. The van der Waals surface area contributed by atoms with Crippen molar-refractivity contribution in [1.82, 2.24) is 9.21 Å². The van der Waals surface area contributed by atoms with Crippen LogP contribution in [0.1, 0.15) is 25.3 Å². The Morgan fingerprint density at radius 2 is 2.14 bits per heavy atom. The number of nitrogens with zero attached hydrogens (tertiary/aromatic N) is 2. The number of likely N-dealkylation sites (N-methyl/N-ethyl adjacent to an activating group) is 2. The van der Waals surface area contributed by atoms with E-state index in [4.69, 9.17) is 5.73 Å². The molecule has 2 N–H and O–H groups in total. The Morgan fingerprint density at radius 3 is 2.76 bits per heavy atom. The normalized spacial score (nSPS) is 20.3. The van der Waals surface area contributed by atoms with Gasteiger partial charge in [-0.05, 0) is 50.6 Å². The van der Waals surface area contributed by atoms with Gasteiger partial charge in [0, 0.05) is 25.3 Å². The molecular weight excluding hydrogens is 286 g/mol. The van der Waals surface area contributed by atoms with Gasteiger partial charge in [0.1, 0.15) is 0 Å². The summed E-state index contributed by atoms with van der Waals surface area (Å²) < 4.78 is 26.7. The second-order valence-electron chi connectivity index (χ2n) is 5.73. The molecule has 0 bridgehead atoms. The highest BCUT2D eigenvalue weighted by atomic mass is 32.2. The average molecular weight is 311 g/mol. The Kier molecular flexibility index (Phi) is 4.91. The van der Waals surface area contributed by atoms with Crippen molar-refractivity contribution in [3.05, 3.63) is 23.8 Å². The van der Waals surface area contributed by atoms with Gasteiger partial charge in [0.05, 0.1) is 4.90 Å². The molecule has 1 fully saturated rings. The first-order valence-corrected chi connectivity index (χ1v) is 8.86. The lowest BCUT2D eigenvalue weighted by Crippen LogP contribution is -2.41. The highest BCUT2D eigenvalue weighted by Crippen LogP contribution is 2.23. The molecule has 118 valence electrons. The van der Waals surface area contributed by atoms with Crippen LogP contribution in [0.3, 0.4) is 0 Å². The summed E-state index contributed by atoms with van der Waals surface area (Å²) in [5.74, 6) is 0. The third-order valence-corrected chi connectivity index (χ3v) is 6.15. The zero-order valence-corrected chi connectivity index (χ0v) is 13.9. The summed E-state index contributed by atoms with van der Waals surface area (Å²) in [5, 5.41) is 0. The molecule has 1 unspecified atom stereocenters. The van der Waals surface area contributed by atoms with Crippen LogP contribution in [0.4, 0.5) is 5.69 Å². The van der Waals surface area contributed by atoms with Crippen LogP contribution in [0.15, 0.2) is 23.1 Å². The van der Waals surface area contributed by atoms with E-state index in [-0.39, 0.29) is 4.90 Å². The predicted molar refractivity (Wildman–Crippen MR) is 85.7 cm³/mol. The van der Waals surface area contributed by atoms with Crippen molar-refractivity contribution in [3.8, 4) is 0 Å². The highest BCUT2D eigenvalue weighted by Gasteiger charge is 2.29. The monoisotopic (exact) mass is 311 g/mol. The minimum absolute atomic E-state index is 0.272. The summed E-state index contributed by atoms with van der Waals surface area (Å²) in [5.41, 5.74) is 7.24. The van der Waals surface area contributed by atoms with Crippen molar-refractivity contribution in [2.75, 3.05) is 32.4 Å². The summed E-state index contributed by atoms with van der Waals surface area (Å²) in [6, 6.07) is 5.25. The van der Waals surface area contributed by atoms with E-state index in [2.05, 4.69) is 11.8 Å². The van der Waals surface area contributed by atoms with Crippen molar-refractivity contribution in [3.63, 3.8) is 0 Å². The predicted octanol–water partition coefficient (Wildman–Crippen LogP) is 1.68. The van der Waals surface area contributed by atoms with Crippen molar-refractivity contribution in [2.24, 2.45) is 0 Å². The molecule has 0 aromatic heterocycles. The maximum atomic E-state index is 12.6. The summed E-state index contributed by atoms with van der Waals surface area (Å²) in [6.07, 6.45) is 2.20. The number of rotatable bonds is 5. The number of benzene rings is 1. The minimum atomic E-state index is -3.47. The first-order valence-electron chi connectivity index (χ1n) is 7.42. The van der Waals surface area contributed by atoms with Crippen LogP contribution in [0.25, 0.3) is 0 Å². The summed E-state index contributed by atoms with van der Waals surface area (Å²) in [7, 11) is -1.82. The van der Waals surface area contributed by atoms with Crippen molar-refractivity contribution in [1.29, 1.82) is 0 Å². The van der Waals surface area contributed by atoms with E-state index in [0.29, 0.717) is 18.3 Å². The van der Waals surface area contributed by atoms with Gasteiger partial charge in [0.25, 0.3) is 0 Å². The number of nitrogen functional groups attached to an aromatic ring is 1. The molecule has 1 heterocycles. The summed E-state index contributed by atoms with van der Waals surface area (Å²) in [6.45, 7) is 6.55. The van der Waals surface area contributed by atoms with Gasteiger partial charge < -0.3 is 5.73 Å². The summed E-state index contributed by atoms with van der Waals surface area (Å²) >= 11 is 0. The van der Waals surface area contributed by atoms with Crippen LogP contribution >= 0.6 is 0 Å². The number of hydrogen-bond acceptors (Lipinski definition) is 4. The maximum Gasteiger partial charge on any atom is 0.242 e. The molecule has 5 nitrogen and oxygen atoms in total. The van der Waals surface area contributed by atoms with E-state index in [0.717, 1.165) is 31.5 Å². The van der Waals surface area contributed by atoms with Crippen LogP contribution in [0.2, 0.25) is 0 Å². The van der Waals surface area contributed by atoms with E-state index in [9.17, 15) is 8.42 Å². The van der Waals surface area contributed by atoms with Gasteiger partial charge in [-0.2, -0.15) is 4.31 Å². The standard InChI is InChI=1S/C15H25N3O2S/c1-4-18-9-5-6-13(18)11-17(3)21(19,20)14-8-7-12(2)15(16)10-14/h7-8,10,13H,4-6,9,11,16H2,1-3H3. The molecule has 0 aliphatic carbocycles. The van der Waals surface area contributed by atoms with Crippen LogP contribution in [0, 0.1) is 6.92 Å². The number of hydrogen-bond donors (Lipinski definition) is 1. The lowest BCUT2D eigenvalue weighted by atomic mass is 10.2. The second kappa shape index (κ2) is 6.34. The van der Waals surface area contributed by atoms with Gasteiger partial charge >= 0.3 is 0 Å². The largest absolute Gasteiger partial charge is 0.398 e. The van der Waals surface area contributed by atoms with Gasteiger partial charge in [-0.25, -0.2) is 8.42 Å². The first kappa shape index (κ1) is 16.3. The quantitative estimate of drug-likeness (QED) is 0.840. The van der Waals surface area contributed by atoms with Crippen molar-refractivity contribution >= 4 is 15.7 Å². The molecular formula is C15H25N3O2S. The van der Waals surface area contributed by atoms with E-state index in [1.165, 1.54) is 4.31 Å². The molecule has 0 spiro atoms. The Morgan fingerprint density at radius 1 is 1.43 bits per heavy atom. The lowest BCUT2D eigenvalue weighted by molar-refractivity contribution is 0.237. The van der Waals surface area contributed by atoms with Crippen LogP contribution < -0.4 is 5.73 Å². The van der Waals surface area contributed by atoms with Gasteiger partial charge in [-0.1, -0.05) is 13.0 Å². The summed E-state index contributed by atoms with van der Waals surface area (Å²) in [4.78, 5) is 2.62. The molecule has 1 aliphatic rings. The molecule has 1 aromatic rings. The van der Waals surface area contributed by atoms with E-state index in [1.807, 2.05) is 6.92 Å². The minimum Gasteiger partial charge on any atom is -0.398 e. The fourth-order valence-corrected chi connectivity index (χ4v) is 4.12.